The van der Waals surface area contributed by atoms with E-state index in [0.717, 1.165) is 16.1 Å². The van der Waals surface area contributed by atoms with Crippen LogP contribution in [-0.4, -0.2) is 49.5 Å². The summed E-state index contributed by atoms with van der Waals surface area (Å²) in [5, 5.41) is 3.66. The first kappa shape index (κ1) is 29.9. The summed E-state index contributed by atoms with van der Waals surface area (Å²) >= 11 is 12.4. The highest BCUT2D eigenvalue weighted by atomic mass is 35.5. The van der Waals surface area contributed by atoms with E-state index < -0.39 is 34.1 Å². The SMILES string of the molecule is CC(C)c1ccccc1N(CC(=O)N(Cc1ccc(Cl)cc1Cl)[C@@H](C)C(=O)NC(C)(C)C)S(C)(=O)=O. The Bertz CT molecular complexity index is 1210. The molecule has 0 saturated heterocycles. The van der Waals surface area contributed by atoms with Gasteiger partial charge >= 0.3 is 0 Å². The highest BCUT2D eigenvalue weighted by Gasteiger charge is 2.32. The van der Waals surface area contributed by atoms with Gasteiger partial charge in [-0.3, -0.25) is 13.9 Å². The molecule has 0 aliphatic carbocycles. The van der Waals surface area contributed by atoms with E-state index in [1.807, 2.05) is 46.8 Å². The third-order valence-corrected chi connectivity index (χ3v) is 7.24. The highest BCUT2D eigenvalue weighted by molar-refractivity contribution is 7.92. The van der Waals surface area contributed by atoms with Gasteiger partial charge < -0.3 is 10.2 Å². The van der Waals surface area contributed by atoms with E-state index in [1.165, 1.54) is 4.90 Å². The van der Waals surface area contributed by atoms with Crippen molar-refractivity contribution in [1.82, 2.24) is 10.2 Å². The standard InChI is InChI=1S/C26H35Cl2N3O4S/c1-17(2)21-10-8-9-11-23(21)31(36(7,34)35)16-24(32)30(18(3)25(33)29-26(4,5)6)15-19-12-13-20(27)14-22(19)28/h8-14,17-18H,15-16H2,1-7H3,(H,29,33)/t18-/m0/s1. The molecule has 10 heteroatoms. The minimum Gasteiger partial charge on any atom is -0.350 e. The number of hydrogen-bond acceptors (Lipinski definition) is 4. The van der Waals surface area contributed by atoms with Gasteiger partial charge in [0.15, 0.2) is 0 Å². The molecule has 1 atom stereocenters. The fourth-order valence-electron chi connectivity index (χ4n) is 3.69. The number of hydrogen-bond donors (Lipinski definition) is 1. The number of carbonyl (C=O) groups excluding carboxylic acids is 2. The maximum absolute atomic E-state index is 13.7. The van der Waals surface area contributed by atoms with Crippen LogP contribution in [0.25, 0.3) is 0 Å². The van der Waals surface area contributed by atoms with Gasteiger partial charge in [0.05, 0.1) is 11.9 Å². The van der Waals surface area contributed by atoms with Crippen molar-refractivity contribution < 1.29 is 18.0 Å². The Hall–Kier alpha value is -2.29. The van der Waals surface area contributed by atoms with Gasteiger partial charge in [-0.05, 0) is 62.9 Å². The van der Waals surface area contributed by atoms with E-state index in [0.29, 0.717) is 21.3 Å². The van der Waals surface area contributed by atoms with Crippen molar-refractivity contribution in [3.05, 3.63) is 63.6 Å². The Kier molecular flexibility index (Phi) is 9.84. The molecule has 2 amide bonds. The number of halogens is 2. The van der Waals surface area contributed by atoms with Crippen LogP contribution in [0.2, 0.25) is 10.0 Å². The molecule has 0 unspecified atom stereocenters. The zero-order valence-corrected chi connectivity index (χ0v) is 24.1. The summed E-state index contributed by atoms with van der Waals surface area (Å²) < 4.78 is 26.8. The molecule has 0 radical (unpaired) electrons. The number of nitrogens with one attached hydrogen (secondary N) is 1. The number of para-hydroxylation sites is 1. The van der Waals surface area contributed by atoms with E-state index >= 15 is 0 Å². The minimum absolute atomic E-state index is 0.00298. The zero-order valence-electron chi connectivity index (χ0n) is 21.8. The molecule has 2 aromatic rings. The van der Waals surface area contributed by atoms with Crippen LogP contribution in [0.15, 0.2) is 42.5 Å². The smallest absolute Gasteiger partial charge is 0.244 e. The lowest BCUT2D eigenvalue weighted by atomic mass is 10.0. The summed E-state index contributed by atoms with van der Waals surface area (Å²) in [4.78, 5) is 28.1. The number of rotatable bonds is 9. The van der Waals surface area contributed by atoms with Gasteiger partial charge in [0, 0.05) is 22.1 Å². The van der Waals surface area contributed by atoms with Crippen LogP contribution in [0.1, 0.15) is 58.6 Å². The van der Waals surface area contributed by atoms with E-state index in [-0.39, 0.29) is 18.4 Å². The molecule has 0 aromatic heterocycles. The molecule has 2 rings (SSSR count). The lowest BCUT2D eigenvalue weighted by Crippen LogP contribution is -2.54. The van der Waals surface area contributed by atoms with Crippen LogP contribution < -0.4 is 9.62 Å². The van der Waals surface area contributed by atoms with E-state index in [9.17, 15) is 18.0 Å². The monoisotopic (exact) mass is 555 g/mol. The zero-order chi connectivity index (χ0) is 27.4. The number of carbonyl (C=O) groups is 2. The molecule has 2 aromatic carbocycles. The molecule has 0 aliphatic rings. The summed E-state index contributed by atoms with van der Waals surface area (Å²) in [5.74, 6) is -0.878. The molecular formula is C26H35Cl2N3O4S. The van der Waals surface area contributed by atoms with Crippen molar-refractivity contribution >= 4 is 50.7 Å². The summed E-state index contributed by atoms with van der Waals surface area (Å²) in [7, 11) is -3.82. The molecule has 0 fully saturated rings. The van der Waals surface area contributed by atoms with Crippen molar-refractivity contribution in [1.29, 1.82) is 0 Å². The van der Waals surface area contributed by atoms with Gasteiger partial charge in [0.1, 0.15) is 12.6 Å². The molecule has 7 nitrogen and oxygen atoms in total. The Balaban J connectivity index is 2.51. The van der Waals surface area contributed by atoms with Gasteiger partial charge in [0.25, 0.3) is 0 Å². The minimum atomic E-state index is -3.82. The second-order valence-corrected chi connectivity index (χ2v) is 12.9. The number of nitrogens with zero attached hydrogens (tertiary/aromatic N) is 2. The average molecular weight is 557 g/mol. The van der Waals surface area contributed by atoms with Crippen LogP contribution in [-0.2, 0) is 26.2 Å². The molecule has 198 valence electrons. The maximum Gasteiger partial charge on any atom is 0.244 e. The Morgan fingerprint density at radius 2 is 1.64 bits per heavy atom. The molecule has 1 N–H and O–H groups in total. The maximum atomic E-state index is 13.7. The Morgan fingerprint density at radius 3 is 2.17 bits per heavy atom. The number of sulfonamides is 1. The number of benzene rings is 2. The van der Waals surface area contributed by atoms with Gasteiger partial charge in [-0.2, -0.15) is 0 Å². The first-order valence-electron chi connectivity index (χ1n) is 11.6. The van der Waals surface area contributed by atoms with Crippen LogP contribution in [0, 0.1) is 0 Å². The molecule has 0 saturated carbocycles. The van der Waals surface area contributed by atoms with Gasteiger partial charge in [0.2, 0.25) is 21.8 Å². The fourth-order valence-corrected chi connectivity index (χ4v) is 5.02. The van der Waals surface area contributed by atoms with Crippen molar-refractivity contribution in [2.75, 3.05) is 17.1 Å². The van der Waals surface area contributed by atoms with E-state index in [1.54, 1.807) is 37.3 Å². The summed E-state index contributed by atoms with van der Waals surface area (Å²) in [6, 6.07) is 11.1. The highest BCUT2D eigenvalue weighted by Crippen LogP contribution is 2.29. The van der Waals surface area contributed by atoms with Crippen LogP contribution >= 0.6 is 23.2 Å². The first-order valence-corrected chi connectivity index (χ1v) is 14.2. The second-order valence-electron chi connectivity index (χ2n) is 10.2. The Labute approximate surface area is 224 Å². The van der Waals surface area contributed by atoms with Crippen molar-refractivity contribution in [3.63, 3.8) is 0 Å². The second kappa shape index (κ2) is 11.8. The van der Waals surface area contributed by atoms with Crippen LogP contribution in [0.5, 0.6) is 0 Å². The lowest BCUT2D eigenvalue weighted by Gasteiger charge is -2.34. The van der Waals surface area contributed by atoms with Gasteiger partial charge in [-0.25, -0.2) is 8.42 Å². The lowest BCUT2D eigenvalue weighted by molar-refractivity contribution is -0.140. The van der Waals surface area contributed by atoms with Crippen molar-refractivity contribution in [2.45, 2.75) is 65.6 Å². The average Bonchev–Trinajstić information content (AvgIpc) is 2.74. The van der Waals surface area contributed by atoms with E-state index in [4.69, 9.17) is 23.2 Å². The van der Waals surface area contributed by atoms with Crippen LogP contribution in [0.3, 0.4) is 0 Å². The number of anilines is 1. The predicted molar refractivity (Wildman–Crippen MR) is 147 cm³/mol. The first-order chi connectivity index (χ1) is 16.5. The van der Waals surface area contributed by atoms with Gasteiger partial charge in [-0.15, -0.1) is 0 Å². The largest absolute Gasteiger partial charge is 0.350 e. The summed E-state index contributed by atoms with van der Waals surface area (Å²) in [6.45, 7) is 10.6. The van der Waals surface area contributed by atoms with E-state index in [2.05, 4.69) is 5.32 Å². The fraction of sp³-hybridized carbons (Fsp3) is 0.462. The topological polar surface area (TPSA) is 86.8 Å². The van der Waals surface area contributed by atoms with Crippen LogP contribution in [0.4, 0.5) is 5.69 Å². The molecule has 36 heavy (non-hydrogen) atoms. The normalized spacial score (nSPS) is 12.8. The molecular weight excluding hydrogens is 521 g/mol. The molecule has 0 aliphatic heterocycles. The Morgan fingerprint density at radius 1 is 1.03 bits per heavy atom. The summed E-state index contributed by atoms with van der Waals surface area (Å²) in [6.07, 6.45) is 1.06. The molecule has 0 spiro atoms. The molecule has 0 bridgehead atoms. The summed E-state index contributed by atoms with van der Waals surface area (Å²) in [5.41, 5.74) is 1.28. The van der Waals surface area contributed by atoms with Crippen molar-refractivity contribution in [3.8, 4) is 0 Å². The molecule has 0 heterocycles. The quantitative estimate of drug-likeness (QED) is 0.459. The van der Waals surface area contributed by atoms with Crippen molar-refractivity contribution in [2.24, 2.45) is 0 Å². The third kappa shape index (κ3) is 8.11. The third-order valence-electron chi connectivity index (χ3n) is 5.53. The number of amides is 2. The predicted octanol–water partition coefficient (Wildman–Crippen LogP) is 5.21. The van der Waals surface area contributed by atoms with Gasteiger partial charge in [-0.1, -0.05) is 61.3 Å².